The van der Waals surface area contributed by atoms with Crippen molar-refractivity contribution in [3.63, 3.8) is 0 Å². The number of fused-ring (bicyclic) bond motifs is 1. The van der Waals surface area contributed by atoms with E-state index >= 15 is 0 Å². The van der Waals surface area contributed by atoms with Crippen LogP contribution in [0.2, 0.25) is 0 Å². The first kappa shape index (κ1) is 13.3. The minimum absolute atomic E-state index is 0.132. The molecular weight excluding hydrogens is 252 g/mol. The van der Waals surface area contributed by atoms with Crippen LogP contribution in [0.25, 0.3) is 0 Å². The fraction of sp³-hybridized carbons (Fsp3) is 0.500. The molecule has 0 atom stereocenters. The summed E-state index contributed by atoms with van der Waals surface area (Å²) >= 11 is 0. The maximum atomic E-state index is 12.4. The normalized spacial score (nSPS) is 19.0. The van der Waals surface area contributed by atoms with E-state index in [2.05, 4.69) is 4.90 Å². The Morgan fingerprint density at radius 3 is 1.90 bits per heavy atom. The highest BCUT2D eigenvalue weighted by atomic mass is 16.2. The molecule has 2 heterocycles. The summed E-state index contributed by atoms with van der Waals surface area (Å²) in [4.78, 5) is 28.4. The lowest BCUT2D eigenvalue weighted by Gasteiger charge is -2.19. The lowest BCUT2D eigenvalue weighted by Crippen LogP contribution is -2.37. The molecule has 4 heteroatoms. The summed E-state index contributed by atoms with van der Waals surface area (Å²) < 4.78 is 0. The maximum absolute atomic E-state index is 12.4. The molecule has 0 saturated carbocycles. The van der Waals surface area contributed by atoms with Crippen LogP contribution in [0.5, 0.6) is 0 Å². The van der Waals surface area contributed by atoms with Gasteiger partial charge in [-0.3, -0.25) is 14.5 Å². The molecule has 0 radical (unpaired) electrons. The summed E-state index contributed by atoms with van der Waals surface area (Å²) in [5.41, 5.74) is 3.26. The average Bonchev–Trinajstić information content (AvgIpc) is 3.00. The van der Waals surface area contributed by atoms with Crippen LogP contribution in [0.3, 0.4) is 0 Å². The van der Waals surface area contributed by atoms with Crippen molar-refractivity contribution in [1.29, 1.82) is 0 Å². The molecule has 0 aromatic heterocycles. The van der Waals surface area contributed by atoms with Gasteiger partial charge in [0.2, 0.25) is 0 Å². The van der Waals surface area contributed by atoms with Crippen LogP contribution in [0.4, 0.5) is 0 Å². The van der Waals surface area contributed by atoms with Crippen LogP contribution < -0.4 is 0 Å². The zero-order valence-corrected chi connectivity index (χ0v) is 12.1. The van der Waals surface area contributed by atoms with Crippen molar-refractivity contribution in [2.75, 3.05) is 26.2 Å². The number of carbonyl (C=O) groups excluding carboxylic acids is 2. The lowest BCUT2D eigenvalue weighted by atomic mass is 10.0. The Balaban J connectivity index is 1.78. The number of hydrogen-bond donors (Lipinski definition) is 0. The van der Waals surface area contributed by atoms with Crippen LogP contribution in [0.15, 0.2) is 12.1 Å². The molecule has 106 valence electrons. The van der Waals surface area contributed by atoms with E-state index in [1.54, 1.807) is 0 Å². The van der Waals surface area contributed by atoms with Crippen molar-refractivity contribution in [2.45, 2.75) is 26.7 Å². The molecule has 20 heavy (non-hydrogen) atoms. The van der Waals surface area contributed by atoms with E-state index in [1.807, 2.05) is 26.0 Å². The smallest absolute Gasteiger partial charge is 0.261 e. The Morgan fingerprint density at radius 2 is 1.40 bits per heavy atom. The molecule has 1 fully saturated rings. The van der Waals surface area contributed by atoms with E-state index in [9.17, 15) is 9.59 Å². The summed E-state index contributed by atoms with van der Waals surface area (Å²) in [5.74, 6) is -0.264. The minimum atomic E-state index is -0.132. The van der Waals surface area contributed by atoms with Gasteiger partial charge in [0.25, 0.3) is 11.8 Å². The second-order valence-corrected chi connectivity index (χ2v) is 5.79. The van der Waals surface area contributed by atoms with Crippen molar-refractivity contribution in [2.24, 2.45) is 0 Å². The second-order valence-electron chi connectivity index (χ2n) is 5.79. The van der Waals surface area contributed by atoms with Crippen molar-refractivity contribution in [1.82, 2.24) is 9.80 Å². The zero-order valence-electron chi connectivity index (χ0n) is 12.1. The van der Waals surface area contributed by atoms with Crippen LogP contribution in [0.1, 0.15) is 44.7 Å². The lowest BCUT2D eigenvalue weighted by molar-refractivity contribution is 0.0640. The fourth-order valence-electron chi connectivity index (χ4n) is 3.00. The topological polar surface area (TPSA) is 40.6 Å². The third-order valence-electron chi connectivity index (χ3n) is 4.42. The second kappa shape index (κ2) is 5.02. The predicted octanol–water partition coefficient (Wildman–Crippen LogP) is 2.00. The number of nitrogens with zero attached hydrogens (tertiary/aromatic N) is 2. The van der Waals surface area contributed by atoms with Gasteiger partial charge in [-0.25, -0.2) is 0 Å². The third kappa shape index (κ3) is 2.14. The van der Waals surface area contributed by atoms with E-state index < -0.39 is 0 Å². The predicted molar refractivity (Wildman–Crippen MR) is 77.0 cm³/mol. The Bertz CT molecular complexity index is 533. The molecule has 1 aromatic rings. The Hall–Kier alpha value is -1.68. The summed E-state index contributed by atoms with van der Waals surface area (Å²) in [6.45, 7) is 7.41. The third-order valence-corrected chi connectivity index (χ3v) is 4.42. The minimum Gasteiger partial charge on any atom is -0.302 e. The molecule has 1 saturated heterocycles. The monoisotopic (exact) mass is 272 g/mol. The summed E-state index contributed by atoms with van der Waals surface area (Å²) in [6.07, 6.45) is 2.45. The summed E-state index contributed by atoms with van der Waals surface area (Å²) in [5, 5.41) is 0. The molecule has 0 spiro atoms. The molecule has 0 unspecified atom stereocenters. The first-order valence-corrected chi connectivity index (χ1v) is 7.28. The average molecular weight is 272 g/mol. The van der Waals surface area contributed by atoms with Gasteiger partial charge in [0.15, 0.2) is 0 Å². The van der Waals surface area contributed by atoms with Gasteiger partial charge >= 0.3 is 0 Å². The Kier molecular flexibility index (Phi) is 3.34. The number of amides is 2. The van der Waals surface area contributed by atoms with Gasteiger partial charge in [-0.1, -0.05) is 0 Å². The zero-order chi connectivity index (χ0) is 14.3. The van der Waals surface area contributed by atoms with Gasteiger partial charge in [-0.15, -0.1) is 0 Å². The summed E-state index contributed by atoms with van der Waals surface area (Å²) in [6, 6.07) is 3.70. The molecular formula is C16H20N2O2. The fourth-order valence-corrected chi connectivity index (χ4v) is 3.00. The number of aryl methyl sites for hydroxylation is 2. The van der Waals surface area contributed by atoms with Gasteiger partial charge < -0.3 is 4.90 Å². The summed E-state index contributed by atoms with van der Waals surface area (Å²) in [7, 11) is 0. The largest absolute Gasteiger partial charge is 0.302 e. The first-order chi connectivity index (χ1) is 9.58. The molecule has 3 rings (SSSR count). The van der Waals surface area contributed by atoms with Crippen molar-refractivity contribution >= 4 is 11.8 Å². The molecule has 1 aromatic carbocycles. The molecule has 2 amide bonds. The van der Waals surface area contributed by atoms with Gasteiger partial charge in [0.1, 0.15) is 0 Å². The number of imide groups is 1. The number of benzene rings is 1. The number of carbonyl (C=O) groups is 2. The maximum Gasteiger partial charge on any atom is 0.261 e. The molecule has 0 aliphatic carbocycles. The highest BCUT2D eigenvalue weighted by molar-refractivity contribution is 6.21. The van der Waals surface area contributed by atoms with Crippen LogP contribution >= 0.6 is 0 Å². The van der Waals surface area contributed by atoms with E-state index in [0.717, 1.165) is 30.8 Å². The van der Waals surface area contributed by atoms with Crippen molar-refractivity contribution in [3.05, 3.63) is 34.4 Å². The number of hydrogen-bond acceptors (Lipinski definition) is 3. The SMILES string of the molecule is Cc1cc2c(cc1C)C(=O)N(CCN1CCCC1)C2=O. The van der Waals surface area contributed by atoms with Crippen LogP contribution in [-0.2, 0) is 0 Å². The number of likely N-dealkylation sites (tertiary alicyclic amines) is 1. The highest BCUT2D eigenvalue weighted by Crippen LogP contribution is 2.25. The first-order valence-electron chi connectivity index (χ1n) is 7.28. The quantitative estimate of drug-likeness (QED) is 0.790. The standard InChI is InChI=1S/C16H20N2O2/c1-11-9-13-14(10-12(11)2)16(20)18(15(13)19)8-7-17-5-3-4-6-17/h9-10H,3-8H2,1-2H3. The van der Waals surface area contributed by atoms with Gasteiger partial charge in [0.05, 0.1) is 11.1 Å². The van der Waals surface area contributed by atoms with Crippen LogP contribution in [-0.4, -0.2) is 47.8 Å². The van der Waals surface area contributed by atoms with Crippen molar-refractivity contribution < 1.29 is 9.59 Å². The van der Waals surface area contributed by atoms with Gasteiger partial charge in [-0.2, -0.15) is 0 Å². The molecule has 4 nitrogen and oxygen atoms in total. The van der Waals surface area contributed by atoms with E-state index in [1.165, 1.54) is 17.7 Å². The Morgan fingerprint density at radius 1 is 0.900 bits per heavy atom. The molecule has 2 aliphatic rings. The molecule has 0 bridgehead atoms. The Labute approximate surface area is 119 Å². The van der Waals surface area contributed by atoms with Gasteiger partial charge in [-0.05, 0) is 63.0 Å². The van der Waals surface area contributed by atoms with Crippen molar-refractivity contribution in [3.8, 4) is 0 Å². The highest BCUT2D eigenvalue weighted by Gasteiger charge is 2.35. The van der Waals surface area contributed by atoms with E-state index in [4.69, 9.17) is 0 Å². The number of rotatable bonds is 3. The van der Waals surface area contributed by atoms with Gasteiger partial charge in [0, 0.05) is 13.1 Å². The van der Waals surface area contributed by atoms with Crippen LogP contribution in [0, 0.1) is 13.8 Å². The molecule has 0 N–H and O–H groups in total. The molecule has 2 aliphatic heterocycles. The van der Waals surface area contributed by atoms with E-state index in [-0.39, 0.29) is 11.8 Å². The van der Waals surface area contributed by atoms with E-state index in [0.29, 0.717) is 17.7 Å².